The van der Waals surface area contributed by atoms with Gasteiger partial charge in [-0.2, -0.15) is 8.42 Å². The smallest absolute Gasteiger partial charge is 0.294 e. The summed E-state index contributed by atoms with van der Waals surface area (Å²) in [7, 11) is -2.19. The van der Waals surface area contributed by atoms with Gasteiger partial charge in [-0.15, -0.1) is 0 Å². The van der Waals surface area contributed by atoms with Gasteiger partial charge in [0.15, 0.2) is 0 Å². The average Bonchev–Trinajstić information content (AvgIpc) is 2.39. The zero-order valence-corrected chi connectivity index (χ0v) is 11.2. The summed E-state index contributed by atoms with van der Waals surface area (Å²) in [4.78, 5) is 2.00. The summed E-state index contributed by atoms with van der Waals surface area (Å²) in [6.45, 7) is 6.37. The maximum absolute atomic E-state index is 11.1. The van der Waals surface area contributed by atoms with E-state index in [1.807, 2.05) is 11.9 Å². The van der Waals surface area contributed by atoms with Gasteiger partial charge in [-0.05, 0) is 24.6 Å². The van der Waals surface area contributed by atoms with E-state index >= 15 is 0 Å². The number of anilines is 1. The Kier molecular flexibility index (Phi) is 2.52. The first-order chi connectivity index (χ1) is 7.65. The maximum Gasteiger partial charge on any atom is 0.294 e. The molecule has 1 aliphatic rings. The summed E-state index contributed by atoms with van der Waals surface area (Å²) in [6.07, 6.45) is 0. The molecule has 1 aliphatic heterocycles. The third-order valence-corrected chi connectivity index (χ3v) is 4.82. The summed E-state index contributed by atoms with van der Waals surface area (Å²) in [5, 5.41) is 0. The zero-order chi connectivity index (χ0) is 13.0. The van der Waals surface area contributed by atoms with Crippen molar-refractivity contribution in [3.63, 3.8) is 0 Å². The fourth-order valence-electron chi connectivity index (χ4n) is 2.43. The highest BCUT2D eigenvalue weighted by atomic mass is 32.2. The second-order valence-electron chi connectivity index (χ2n) is 5.16. The molecule has 0 unspecified atom stereocenters. The van der Waals surface area contributed by atoms with Gasteiger partial charge in [0.1, 0.15) is 0 Å². The molecule has 0 aromatic heterocycles. The molecule has 2 rings (SSSR count). The van der Waals surface area contributed by atoms with Crippen LogP contribution in [0.15, 0.2) is 23.1 Å². The third-order valence-electron chi connectivity index (χ3n) is 3.97. The van der Waals surface area contributed by atoms with Crippen molar-refractivity contribution in [3.8, 4) is 0 Å². The molecule has 1 atom stereocenters. The van der Waals surface area contributed by atoms with Crippen molar-refractivity contribution < 1.29 is 13.0 Å². The first-order valence-corrected chi connectivity index (χ1v) is 6.94. The highest BCUT2D eigenvalue weighted by Crippen LogP contribution is 2.44. The Morgan fingerprint density at radius 2 is 1.94 bits per heavy atom. The van der Waals surface area contributed by atoms with Gasteiger partial charge in [0.25, 0.3) is 10.1 Å². The van der Waals surface area contributed by atoms with Gasteiger partial charge in [-0.3, -0.25) is 4.55 Å². The molecule has 1 N–H and O–H groups in total. The predicted octanol–water partition coefficient (Wildman–Crippen LogP) is 2.05. The summed E-state index contributed by atoms with van der Waals surface area (Å²) in [5.74, 6) is 0. The van der Waals surface area contributed by atoms with Crippen LogP contribution in [-0.2, 0) is 15.5 Å². The molecule has 4 nitrogen and oxygen atoms in total. The molecule has 5 heteroatoms. The van der Waals surface area contributed by atoms with Crippen molar-refractivity contribution in [2.24, 2.45) is 0 Å². The monoisotopic (exact) mass is 255 g/mol. The van der Waals surface area contributed by atoms with Crippen LogP contribution in [0.3, 0.4) is 0 Å². The van der Waals surface area contributed by atoms with Crippen LogP contribution < -0.4 is 4.90 Å². The lowest BCUT2D eigenvalue weighted by atomic mass is 9.81. The molecular formula is C12H17NO3S. The van der Waals surface area contributed by atoms with Crippen LogP contribution in [0, 0.1) is 0 Å². The lowest BCUT2D eigenvalue weighted by molar-refractivity contribution is 0.454. The lowest BCUT2D eigenvalue weighted by Crippen LogP contribution is -2.36. The molecule has 0 amide bonds. The molecule has 0 radical (unpaired) electrons. The van der Waals surface area contributed by atoms with Gasteiger partial charge in [-0.25, -0.2) is 0 Å². The fraction of sp³-hybridized carbons (Fsp3) is 0.500. The number of rotatable bonds is 1. The second-order valence-corrected chi connectivity index (χ2v) is 6.58. The van der Waals surface area contributed by atoms with Crippen molar-refractivity contribution in [1.29, 1.82) is 0 Å². The van der Waals surface area contributed by atoms with E-state index < -0.39 is 10.1 Å². The van der Waals surface area contributed by atoms with Crippen molar-refractivity contribution in [2.75, 3.05) is 11.9 Å². The van der Waals surface area contributed by atoms with Crippen molar-refractivity contribution in [2.45, 2.75) is 37.1 Å². The van der Waals surface area contributed by atoms with Crippen LogP contribution in [0.5, 0.6) is 0 Å². The van der Waals surface area contributed by atoms with Gasteiger partial charge in [0.2, 0.25) is 0 Å². The van der Waals surface area contributed by atoms with Gasteiger partial charge in [0, 0.05) is 24.2 Å². The van der Waals surface area contributed by atoms with Gasteiger partial charge in [-0.1, -0.05) is 19.9 Å². The number of benzene rings is 1. The van der Waals surface area contributed by atoms with Gasteiger partial charge in [0.05, 0.1) is 4.90 Å². The minimum absolute atomic E-state index is 0.0260. The van der Waals surface area contributed by atoms with Crippen LogP contribution >= 0.6 is 0 Å². The quantitative estimate of drug-likeness (QED) is 0.780. The highest BCUT2D eigenvalue weighted by Gasteiger charge is 2.40. The van der Waals surface area contributed by atoms with E-state index in [0.29, 0.717) is 0 Å². The zero-order valence-electron chi connectivity index (χ0n) is 10.4. The maximum atomic E-state index is 11.1. The summed E-state index contributed by atoms with van der Waals surface area (Å²) >= 11 is 0. The first kappa shape index (κ1) is 12.4. The number of hydrogen-bond donors (Lipinski definition) is 1. The van der Waals surface area contributed by atoms with Crippen molar-refractivity contribution in [1.82, 2.24) is 0 Å². The van der Waals surface area contributed by atoms with E-state index in [1.165, 1.54) is 12.1 Å². The fourth-order valence-corrected chi connectivity index (χ4v) is 2.93. The molecule has 94 valence electrons. The van der Waals surface area contributed by atoms with E-state index in [2.05, 4.69) is 20.8 Å². The Hall–Kier alpha value is -1.07. The summed E-state index contributed by atoms with van der Waals surface area (Å²) < 4.78 is 31.3. The van der Waals surface area contributed by atoms with Crippen LogP contribution in [0.4, 0.5) is 5.69 Å². The van der Waals surface area contributed by atoms with E-state index in [1.54, 1.807) is 6.07 Å². The van der Waals surface area contributed by atoms with Crippen LogP contribution in [-0.4, -0.2) is 26.1 Å². The molecule has 17 heavy (non-hydrogen) atoms. The summed E-state index contributed by atoms with van der Waals surface area (Å²) in [5.41, 5.74) is 1.96. The van der Waals surface area contributed by atoms with Crippen molar-refractivity contribution in [3.05, 3.63) is 23.8 Å². The van der Waals surface area contributed by atoms with E-state index in [4.69, 9.17) is 4.55 Å². The number of fused-ring (bicyclic) bond motifs is 1. The standard InChI is InChI=1S/C12H17NO3S/c1-8-12(2,3)10-6-5-9(17(14,15)16)7-11(10)13(8)4/h5-8H,1-4H3,(H,14,15,16)/t8-/m0/s1. The second kappa shape index (κ2) is 3.46. The molecule has 0 bridgehead atoms. The molecule has 0 fully saturated rings. The van der Waals surface area contributed by atoms with Crippen LogP contribution in [0.1, 0.15) is 26.3 Å². The predicted molar refractivity (Wildman–Crippen MR) is 67.1 cm³/mol. The Morgan fingerprint density at radius 3 is 2.47 bits per heavy atom. The highest BCUT2D eigenvalue weighted by molar-refractivity contribution is 7.85. The minimum Gasteiger partial charge on any atom is -0.371 e. The Labute approximate surface area is 102 Å². The normalized spacial score (nSPS) is 22.6. The third kappa shape index (κ3) is 1.73. The first-order valence-electron chi connectivity index (χ1n) is 5.50. The number of hydrogen-bond acceptors (Lipinski definition) is 3. The molecule has 1 heterocycles. The molecule has 0 aliphatic carbocycles. The lowest BCUT2D eigenvalue weighted by Gasteiger charge is -2.28. The Balaban J connectivity index is 2.65. The number of nitrogens with zero attached hydrogens (tertiary/aromatic N) is 1. The topological polar surface area (TPSA) is 57.6 Å². The van der Waals surface area contributed by atoms with Crippen LogP contribution in [0.25, 0.3) is 0 Å². The largest absolute Gasteiger partial charge is 0.371 e. The van der Waals surface area contributed by atoms with E-state index in [0.717, 1.165) is 11.3 Å². The molecule has 0 saturated carbocycles. The molecule has 1 aromatic carbocycles. The van der Waals surface area contributed by atoms with Gasteiger partial charge >= 0.3 is 0 Å². The Bertz CT molecular complexity index is 563. The Morgan fingerprint density at radius 1 is 1.35 bits per heavy atom. The van der Waals surface area contributed by atoms with Crippen LogP contribution in [0.2, 0.25) is 0 Å². The van der Waals surface area contributed by atoms with E-state index in [9.17, 15) is 8.42 Å². The van der Waals surface area contributed by atoms with Gasteiger partial charge < -0.3 is 4.90 Å². The molecular weight excluding hydrogens is 238 g/mol. The SMILES string of the molecule is C[C@@H]1N(C)c2cc(S(=O)(=O)O)ccc2C1(C)C. The summed E-state index contributed by atoms with van der Waals surface area (Å²) in [6, 6.07) is 5.07. The average molecular weight is 255 g/mol. The van der Waals surface area contributed by atoms with Crippen molar-refractivity contribution >= 4 is 15.8 Å². The molecule has 1 aromatic rings. The van der Waals surface area contributed by atoms with E-state index in [-0.39, 0.29) is 16.4 Å². The molecule has 0 saturated heterocycles. The minimum atomic E-state index is -4.13. The molecule has 0 spiro atoms. The number of likely N-dealkylation sites (N-methyl/N-ethyl adjacent to an activating group) is 1.